The summed E-state index contributed by atoms with van der Waals surface area (Å²) in [7, 11) is -5.40. The average Bonchev–Trinajstić information content (AvgIpc) is 1.57. The highest BCUT2D eigenvalue weighted by molar-refractivity contribution is 7.99. The molecule has 5 heterocycles. The Bertz CT molecular complexity index is 4850. The van der Waals surface area contributed by atoms with Gasteiger partial charge in [0.15, 0.2) is 32.8 Å². The van der Waals surface area contributed by atoms with Crippen molar-refractivity contribution in [3.63, 3.8) is 0 Å². The zero-order valence-electron chi connectivity index (χ0n) is 68.5. The molecule has 0 saturated carbocycles. The number of piperazine rings is 1. The third-order valence-electron chi connectivity index (χ3n) is 23.1. The van der Waals surface area contributed by atoms with Gasteiger partial charge in [-0.25, -0.2) is 12.8 Å². The number of phenols is 4. The number of amides is 1. The first-order valence-electron chi connectivity index (χ1n) is 39.3. The molecule has 1 atom stereocenters. The molecule has 0 spiro atoms. The summed E-state index contributed by atoms with van der Waals surface area (Å²) in [6, 6.07) is 46.0. The standard InChI is InChI=1S/C25H33N3O2.C23H31NO4S.C22H28FNO2.C22H29NO2S/c1-18-15-19(7-8-23(18)29)9-10-25(2,3)28-16-20-5-4-6-21(22(20)17-28)24(30)27-13-11-26-12-14-27;1-16(2)28-22-12-17(6-9-21(22)25)10-11-23(3,4)24-14-18-7-8-20(29(5,26)27)13-19(18)15-24;1-15(2)26-21-12-16(8-9-20(21)25)10-11-22(3,4)24-13-17-6-5-7-19(23)18(17)14-24;1-16-13-17(9-10-20(16)24)11-12-22(2,3)23-14-18-7-6-8-21(19(18)15-23)26(4,5)25/h4-8,15,26,29H,9-14,16-17H2,1-3H3;6-9,12-13,16,25H,10-11,14-15H2,1-5H3;5-9,12,15,25H,10-11,13-14H2,1-4H3;6-10,13,24H,4,11-12,14-15H2,1-3,5H3. The molecule has 5 aliphatic heterocycles. The second-order valence-electron chi connectivity index (χ2n) is 34.3. The molecule has 13 rings (SSSR count). The first-order valence-corrected chi connectivity index (χ1v) is 43.3. The monoisotopic (exact) mass is 1550 g/mol. The molecule has 8 aromatic rings. The van der Waals surface area contributed by atoms with Gasteiger partial charge in [-0.3, -0.25) is 28.6 Å². The average molecular weight is 1550 g/mol. The molecular weight excluding hydrogens is 1430 g/mol. The van der Waals surface area contributed by atoms with Gasteiger partial charge in [0.1, 0.15) is 17.3 Å². The van der Waals surface area contributed by atoms with Gasteiger partial charge in [-0.1, -0.05) is 78.9 Å². The Balaban J connectivity index is 0.000000158. The van der Waals surface area contributed by atoms with E-state index in [1.165, 1.54) is 45.2 Å². The van der Waals surface area contributed by atoms with Crippen LogP contribution < -0.4 is 14.8 Å². The van der Waals surface area contributed by atoms with E-state index in [2.05, 4.69) is 110 Å². The molecule has 0 radical (unpaired) electrons. The second-order valence-corrected chi connectivity index (χ2v) is 38.8. The van der Waals surface area contributed by atoms with Crippen LogP contribution in [0, 0.1) is 19.7 Å². The maximum Gasteiger partial charge on any atom is 0.254 e. The Morgan fingerprint density at radius 2 is 0.847 bits per heavy atom. The molecule has 0 aliphatic carbocycles. The summed E-state index contributed by atoms with van der Waals surface area (Å²) >= 11 is 0. The number of aryl methyl sites for hydroxylation is 6. The van der Waals surface area contributed by atoms with Crippen LogP contribution in [-0.2, 0) is 97.4 Å². The van der Waals surface area contributed by atoms with E-state index < -0.39 is 19.4 Å². The number of benzene rings is 8. The van der Waals surface area contributed by atoms with Gasteiger partial charge >= 0.3 is 0 Å². The number of fused-ring (bicyclic) bond motifs is 4. The molecule has 5 N–H and O–H groups in total. The number of phenolic OH excluding ortho intramolecular Hbond substituents is 4. The highest BCUT2D eigenvalue weighted by Gasteiger charge is 2.38. The number of halogens is 1. The lowest BCUT2D eigenvalue weighted by molar-refractivity contribution is 0.0731. The smallest absolute Gasteiger partial charge is 0.254 e. The Morgan fingerprint density at radius 3 is 1.28 bits per heavy atom. The fourth-order valence-corrected chi connectivity index (χ4v) is 17.2. The van der Waals surface area contributed by atoms with E-state index in [1.54, 1.807) is 48.7 Å². The van der Waals surface area contributed by atoms with Crippen LogP contribution in [0.5, 0.6) is 34.5 Å². The van der Waals surface area contributed by atoms with Crippen molar-refractivity contribution in [2.24, 2.45) is 0 Å². The lowest BCUT2D eigenvalue weighted by atomic mass is 9.93. The summed E-state index contributed by atoms with van der Waals surface area (Å²) in [6.45, 7) is 39.4. The topological polar surface area (TPSA) is 196 Å². The lowest BCUT2D eigenvalue weighted by Crippen LogP contribution is -2.46. The highest BCUT2D eigenvalue weighted by atomic mass is 32.2. The number of hydrogen-bond acceptors (Lipinski definition) is 15. The van der Waals surface area contributed by atoms with Crippen LogP contribution in [0.3, 0.4) is 0 Å². The fourth-order valence-electron chi connectivity index (χ4n) is 15.5. The van der Waals surface area contributed by atoms with Crippen molar-refractivity contribution >= 4 is 31.1 Å². The van der Waals surface area contributed by atoms with Crippen LogP contribution in [0.15, 0.2) is 155 Å². The minimum absolute atomic E-state index is 0.00696. The zero-order valence-corrected chi connectivity index (χ0v) is 70.2. The van der Waals surface area contributed by atoms with Crippen molar-refractivity contribution in [3.8, 4) is 34.5 Å². The summed E-state index contributed by atoms with van der Waals surface area (Å²) in [5, 5.41) is 42.7. The summed E-state index contributed by atoms with van der Waals surface area (Å²) in [4.78, 5) is 26.1. The van der Waals surface area contributed by atoms with Crippen molar-refractivity contribution in [3.05, 3.63) is 235 Å². The highest BCUT2D eigenvalue weighted by Crippen LogP contribution is 2.41. The van der Waals surface area contributed by atoms with Crippen molar-refractivity contribution < 1.29 is 51.7 Å². The molecule has 0 bridgehead atoms. The minimum atomic E-state index is -3.19. The van der Waals surface area contributed by atoms with Crippen molar-refractivity contribution in [1.29, 1.82) is 0 Å². The molecule has 5 aliphatic rings. The van der Waals surface area contributed by atoms with Gasteiger partial charge in [0.25, 0.3) is 5.91 Å². The van der Waals surface area contributed by atoms with Gasteiger partial charge in [0.2, 0.25) is 0 Å². The van der Waals surface area contributed by atoms with Gasteiger partial charge in [0.05, 0.1) is 17.1 Å². The number of carbonyl (C=O) groups excluding carboxylic acids is 1. The largest absolute Gasteiger partial charge is 0.508 e. The molecule has 598 valence electrons. The van der Waals surface area contributed by atoms with Crippen molar-refractivity contribution in [2.75, 3.05) is 38.7 Å². The predicted molar refractivity (Wildman–Crippen MR) is 447 cm³/mol. The number of sulfone groups is 1. The van der Waals surface area contributed by atoms with Gasteiger partial charge < -0.3 is 40.1 Å². The van der Waals surface area contributed by atoms with E-state index in [-0.39, 0.29) is 57.6 Å². The molecule has 19 heteroatoms. The van der Waals surface area contributed by atoms with Gasteiger partial charge in [0, 0.05) is 129 Å². The molecule has 0 aromatic heterocycles. The normalized spacial score (nSPS) is 16.0. The predicted octanol–water partition coefficient (Wildman–Crippen LogP) is 17.0. The molecule has 111 heavy (non-hydrogen) atoms. The lowest BCUT2D eigenvalue weighted by Gasteiger charge is -2.36. The van der Waals surface area contributed by atoms with E-state index >= 15 is 0 Å². The summed E-state index contributed by atoms with van der Waals surface area (Å²) < 4.78 is 61.6. The molecule has 16 nitrogen and oxygen atoms in total. The number of hydrogen-bond donors (Lipinski definition) is 5. The molecular formula is C92H121FN6O10S2. The number of rotatable bonds is 23. The number of ether oxygens (including phenoxy) is 2. The van der Waals surface area contributed by atoms with Crippen LogP contribution in [0.4, 0.5) is 4.39 Å². The van der Waals surface area contributed by atoms with E-state index in [4.69, 9.17) is 9.47 Å². The van der Waals surface area contributed by atoms with E-state index in [0.717, 1.165) is 173 Å². The Hall–Kier alpha value is -8.27. The number of aromatic hydroxyl groups is 4. The fraction of sp³-hybridized carbons (Fsp3) is 0.457. The number of carbonyl (C=O) groups is 1. The Morgan fingerprint density at radius 1 is 0.468 bits per heavy atom. The van der Waals surface area contributed by atoms with E-state index in [9.17, 15) is 42.2 Å². The summed E-state index contributed by atoms with van der Waals surface area (Å²) in [5.74, 6) is 6.06. The van der Waals surface area contributed by atoms with Crippen LogP contribution in [-0.4, -0.2) is 142 Å². The summed E-state index contributed by atoms with van der Waals surface area (Å²) in [6.07, 6.45) is 10.6. The maximum atomic E-state index is 14.0. The molecule has 1 unspecified atom stereocenters. The minimum Gasteiger partial charge on any atom is -0.508 e. The molecule has 1 fully saturated rings. The third-order valence-corrected chi connectivity index (χ3v) is 25.5. The van der Waals surface area contributed by atoms with Gasteiger partial charge in [-0.05, 0) is 303 Å². The Kier molecular flexibility index (Phi) is 27.2. The van der Waals surface area contributed by atoms with Crippen LogP contribution in [0.25, 0.3) is 0 Å². The van der Waals surface area contributed by atoms with Crippen molar-refractivity contribution in [2.45, 2.75) is 245 Å². The first-order chi connectivity index (χ1) is 52.1. The molecule has 1 saturated heterocycles. The van der Waals surface area contributed by atoms with E-state index in [0.29, 0.717) is 34.4 Å². The number of nitrogens with zero attached hydrogens (tertiary/aromatic N) is 5. The van der Waals surface area contributed by atoms with Gasteiger partial charge in [-0.2, -0.15) is 0 Å². The van der Waals surface area contributed by atoms with Gasteiger partial charge in [-0.15, -0.1) is 0 Å². The van der Waals surface area contributed by atoms with Crippen LogP contribution >= 0.6 is 0 Å². The SMILES string of the molecule is C=S(C)(=O)c1cccc2c1CN(C(C)(C)CCc1ccc(O)c(C)c1)C2.CC(C)Oc1cc(CCC(C)(C)N2Cc3ccc(S(C)(=O)=O)cc3C2)ccc1O.CC(C)Oc1cc(CCC(C)(C)N2Cc3cccc(F)c3C2)ccc1O.Cc1cc(CCC(C)(C)N2Cc3cccc(C(=O)N4CCNCC4)c3C2)ccc1O. The van der Waals surface area contributed by atoms with Crippen LogP contribution in [0.1, 0.15) is 197 Å². The van der Waals surface area contributed by atoms with Crippen molar-refractivity contribution in [1.82, 2.24) is 29.8 Å². The first kappa shape index (κ1) is 85.2. The second kappa shape index (κ2) is 35.4. The third kappa shape index (κ3) is 21.9. The zero-order chi connectivity index (χ0) is 80.7. The Labute approximate surface area is 661 Å². The maximum absolute atomic E-state index is 14.0. The molecule has 1 amide bonds. The number of nitrogens with one attached hydrogen (secondary N) is 1. The van der Waals surface area contributed by atoms with E-state index in [1.807, 2.05) is 125 Å². The quantitative estimate of drug-likeness (QED) is 0.0379. The summed E-state index contributed by atoms with van der Waals surface area (Å²) in [5.41, 5.74) is 16.6. The van der Waals surface area contributed by atoms with Crippen LogP contribution in [0.2, 0.25) is 0 Å². The molecule has 8 aromatic carbocycles.